The molecule has 0 unspecified atom stereocenters. The average Bonchev–Trinajstić information content (AvgIpc) is 3.15. The lowest BCUT2D eigenvalue weighted by Crippen LogP contribution is -2.52. The van der Waals surface area contributed by atoms with Crippen LogP contribution in [0.4, 0.5) is 4.79 Å². The fourth-order valence-electron chi connectivity index (χ4n) is 4.81. The Balaban J connectivity index is 1.32. The largest absolute Gasteiger partial charge is 0.494 e. The van der Waals surface area contributed by atoms with Gasteiger partial charge >= 0.3 is 6.03 Å². The molecule has 0 aliphatic carbocycles. The van der Waals surface area contributed by atoms with Gasteiger partial charge in [0.1, 0.15) is 36.9 Å². The van der Waals surface area contributed by atoms with Gasteiger partial charge in [0.05, 0.1) is 13.2 Å². The smallest absolute Gasteiger partial charge is 0.324 e. The highest BCUT2D eigenvalue weighted by Crippen LogP contribution is 2.21. The van der Waals surface area contributed by atoms with Crippen LogP contribution in [0, 0.1) is 6.92 Å². The molecular formula is C29H38N4O7. The van der Waals surface area contributed by atoms with Crippen LogP contribution in [-0.2, 0) is 20.9 Å². The van der Waals surface area contributed by atoms with Crippen molar-refractivity contribution in [1.82, 2.24) is 20.0 Å². The summed E-state index contributed by atoms with van der Waals surface area (Å²) in [7, 11) is 1.48. The summed E-state index contributed by atoms with van der Waals surface area (Å²) in [5.74, 6) is 0.923. The minimum atomic E-state index is -1.27. The molecule has 2 fully saturated rings. The summed E-state index contributed by atoms with van der Waals surface area (Å²) in [6.07, 6.45) is 0.609. The fourth-order valence-corrected chi connectivity index (χ4v) is 4.81. The van der Waals surface area contributed by atoms with Gasteiger partial charge in [-0.15, -0.1) is 0 Å². The molecule has 2 heterocycles. The first kappa shape index (κ1) is 29.3. The third-order valence-electron chi connectivity index (χ3n) is 6.88. The van der Waals surface area contributed by atoms with Crippen molar-refractivity contribution in [1.29, 1.82) is 0 Å². The molecule has 1 atom stereocenters. The molecule has 2 aliphatic rings. The fraction of sp³-hybridized carbons (Fsp3) is 0.483. The second kappa shape index (κ2) is 13.6. The van der Waals surface area contributed by atoms with Gasteiger partial charge in [0, 0.05) is 39.8 Å². The van der Waals surface area contributed by atoms with Gasteiger partial charge in [-0.2, -0.15) is 0 Å². The van der Waals surface area contributed by atoms with Crippen molar-refractivity contribution in [2.45, 2.75) is 25.5 Å². The van der Waals surface area contributed by atoms with Crippen LogP contribution in [0.25, 0.3) is 0 Å². The first-order valence-corrected chi connectivity index (χ1v) is 13.4. The number of aliphatic hydroxyl groups is 1. The Morgan fingerprint density at radius 1 is 1.00 bits per heavy atom. The number of carbonyl (C=O) groups is 3. The van der Waals surface area contributed by atoms with Crippen LogP contribution >= 0.6 is 0 Å². The molecule has 2 aliphatic heterocycles. The standard InChI is InChI=1S/C29H38N4O7/c1-22-4-8-25(9-5-22)40-21-29(37)19-31(13-14-33(20-29)27(35)18-38-2)16-23-6-10-24(11-7-23)39-15-3-12-32-17-26(34)30-28(32)36/h4-11,37H,3,12-21H2,1-2H3,(H,30,34,36)/t29-/m0/s1. The zero-order valence-corrected chi connectivity index (χ0v) is 23.1. The summed E-state index contributed by atoms with van der Waals surface area (Å²) in [4.78, 5) is 40.7. The molecule has 2 aromatic rings. The van der Waals surface area contributed by atoms with Crippen LogP contribution < -0.4 is 14.8 Å². The normalized spacial score (nSPS) is 19.9. The number of imide groups is 1. The topological polar surface area (TPSA) is 121 Å². The molecule has 2 N–H and O–H groups in total. The van der Waals surface area contributed by atoms with Gasteiger partial charge in [-0.3, -0.25) is 19.8 Å². The Kier molecular flexibility index (Phi) is 9.97. The Hall–Kier alpha value is -3.67. The van der Waals surface area contributed by atoms with E-state index in [4.69, 9.17) is 14.2 Å². The molecule has 216 valence electrons. The summed E-state index contributed by atoms with van der Waals surface area (Å²) in [5.41, 5.74) is 0.886. The number of nitrogens with one attached hydrogen (secondary N) is 1. The van der Waals surface area contributed by atoms with Gasteiger partial charge in [0.2, 0.25) is 11.8 Å². The predicted molar refractivity (Wildman–Crippen MR) is 147 cm³/mol. The molecule has 11 heteroatoms. The van der Waals surface area contributed by atoms with Crippen LogP contribution in [-0.4, -0.2) is 109 Å². The zero-order valence-electron chi connectivity index (χ0n) is 23.1. The number of amides is 4. The zero-order chi connectivity index (χ0) is 28.5. The van der Waals surface area contributed by atoms with Crippen molar-refractivity contribution in [3.05, 3.63) is 59.7 Å². The van der Waals surface area contributed by atoms with E-state index < -0.39 is 5.60 Å². The second-order valence-corrected chi connectivity index (χ2v) is 10.4. The van der Waals surface area contributed by atoms with Crippen molar-refractivity contribution in [2.75, 3.05) is 66.2 Å². The SMILES string of the molecule is COCC(=O)N1CCN(Cc2ccc(OCCCN3CC(=O)NC3=O)cc2)C[C@@](O)(COc2ccc(C)cc2)C1. The summed E-state index contributed by atoms with van der Waals surface area (Å²) >= 11 is 0. The van der Waals surface area contributed by atoms with Crippen molar-refractivity contribution in [2.24, 2.45) is 0 Å². The van der Waals surface area contributed by atoms with Gasteiger partial charge in [-0.1, -0.05) is 29.8 Å². The van der Waals surface area contributed by atoms with E-state index in [0.717, 1.165) is 11.1 Å². The van der Waals surface area contributed by atoms with E-state index in [1.807, 2.05) is 55.5 Å². The van der Waals surface area contributed by atoms with Crippen LogP contribution in [0.15, 0.2) is 48.5 Å². The Labute approximate surface area is 234 Å². The van der Waals surface area contributed by atoms with Crippen molar-refractivity contribution in [3.63, 3.8) is 0 Å². The average molecular weight is 555 g/mol. The van der Waals surface area contributed by atoms with Crippen molar-refractivity contribution >= 4 is 17.8 Å². The molecular weight excluding hydrogens is 516 g/mol. The Morgan fingerprint density at radius 3 is 2.38 bits per heavy atom. The summed E-state index contributed by atoms with van der Waals surface area (Å²) in [6, 6.07) is 15.0. The van der Waals surface area contributed by atoms with E-state index in [1.54, 1.807) is 4.90 Å². The number of carbonyl (C=O) groups excluding carboxylic acids is 3. The first-order valence-electron chi connectivity index (χ1n) is 13.4. The Bertz CT molecular complexity index is 1160. The number of methoxy groups -OCH3 is 1. The van der Waals surface area contributed by atoms with Gasteiger partial charge in [0.15, 0.2) is 0 Å². The van der Waals surface area contributed by atoms with E-state index in [9.17, 15) is 19.5 Å². The van der Waals surface area contributed by atoms with Crippen LogP contribution in [0.2, 0.25) is 0 Å². The van der Waals surface area contributed by atoms with Gasteiger partial charge in [-0.25, -0.2) is 4.79 Å². The highest BCUT2D eigenvalue weighted by molar-refractivity contribution is 6.01. The van der Waals surface area contributed by atoms with Gasteiger partial charge in [0.25, 0.3) is 0 Å². The van der Waals surface area contributed by atoms with Crippen LogP contribution in [0.1, 0.15) is 17.5 Å². The number of aryl methyl sites for hydroxylation is 1. The molecule has 4 rings (SSSR count). The molecule has 2 saturated heterocycles. The quantitative estimate of drug-likeness (QED) is 0.299. The molecule has 4 amide bonds. The van der Waals surface area contributed by atoms with E-state index in [-0.39, 0.29) is 44.1 Å². The molecule has 0 bridgehead atoms. The molecule has 0 spiro atoms. The molecule has 0 radical (unpaired) electrons. The number of nitrogens with zero attached hydrogens (tertiary/aromatic N) is 3. The second-order valence-electron chi connectivity index (χ2n) is 10.4. The molecule has 0 aromatic heterocycles. The maximum absolute atomic E-state index is 12.6. The third kappa shape index (κ3) is 8.41. The minimum Gasteiger partial charge on any atom is -0.494 e. The summed E-state index contributed by atoms with van der Waals surface area (Å²) in [6.45, 7) is 5.09. The minimum absolute atomic E-state index is 0.0420. The Morgan fingerprint density at radius 2 is 1.70 bits per heavy atom. The first-order chi connectivity index (χ1) is 19.2. The number of rotatable bonds is 12. The third-order valence-corrected chi connectivity index (χ3v) is 6.88. The monoisotopic (exact) mass is 554 g/mol. The van der Waals surface area contributed by atoms with Crippen LogP contribution in [0.3, 0.4) is 0 Å². The molecule has 0 saturated carbocycles. The van der Waals surface area contributed by atoms with Crippen molar-refractivity contribution < 1.29 is 33.7 Å². The maximum Gasteiger partial charge on any atom is 0.324 e. The molecule has 11 nitrogen and oxygen atoms in total. The number of ether oxygens (including phenoxy) is 3. The number of urea groups is 1. The predicted octanol–water partition coefficient (Wildman–Crippen LogP) is 1.42. The van der Waals surface area contributed by atoms with Crippen molar-refractivity contribution in [3.8, 4) is 11.5 Å². The van der Waals surface area contributed by atoms with Crippen LogP contribution in [0.5, 0.6) is 11.5 Å². The summed E-state index contributed by atoms with van der Waals surface area (Å²) < 4.78 is 16.8. The molecule has 40 heavy (non-hydrogen) atoms. The lowest BCUT2D eigenvalue weighted by molar-refractivity contribution is -0.138. The number of hydrogen-bond acceptors (Lipinski definition) is 8. The molecule has 2 aromatic carbocycles. The number of hydrogen-bond donors (Lipinski definition) is 2. The van der Waals surface area contributed by atoms with E-state index in [2.05, 4.69) is 10.2 Å². The van der Waals surface area contributed by atoms with Gasteiger partial charge < -0.3 is 29.1 Å². The lowest BCUT2D eigenvalue weighted by Gasteiger charge is -2.33. The summed E-state index contributed by atoms with van der Waals surface area (Å²) in [5, 5.41) is 13.9. The highest BCUT2D eigenvalue weighted by Gasteiger charge is 2.37. The van der Waals surface area contributed by atoms with E-state index in [0.29, 0.717) is 57.3 Å². The highest BCUT2D eigenvalue weighted by atomic mass is 16.5. The number of β-amino-alcohol motifs (C(OH)–C–C–N with tert-alkyl or cyclic N) is 1. The lowest BCUT2D eigenvalue weighted by atomic mass is 10.0. The maximum atomic E-state index is 12.6. The van der Waals surface area contributed by atoms with E-state index >= 15 is 0 Å². The number of benzene rings is 2. The van der Waals surface area contributed by atoms with Gasteiger partial charge in [-0.05, 0) is 43.2 Å². The van der Waals surface area contributed by atoms with E-state index in [1.165, 1.54) is 12.0 Å².